The zero-order valence-electron chi connectivity index (χ0n) is 7.69. The van der Waals surface area contributed by atoms with Crippen LogP contribution >= 0.6 is 27.5 Å². The molecule has 15 heavy (non-hydrogen) atoms. The second-order valence-electron chi connectivity index (χ2n) is 3.03. The summed E-state index contributed by atoms with van der Waals surface area (Å²) in [6.45, 7) is -0.0277. The van der Waals surface area contributed by atoms with Crippen LogP contribution in [0.4, 0.5) is 0 Å². The van der Waals surface area contributed by atoms with E-state index in [4.69, 9.17) is 11.6 Å². The molecule has 0 amide bonds. The van der Waals surface area contributed by atoms with Crippen LogP contribution in [0, 0.1) is 0 Å². The van der Waals surface area contributed by atoms with Gasteiger partial charge in [0.2, 0.25) is 0 Å². The third kappa shape index (κ3) is 2.22. The Morgan fingerprint density at radius 1 is 1.47 bits per heavy atom. The molecule has 0 saturated heterocycles. The van der Waals surface area contributed by atoms with Crippen molar-refractivity contribution in [2.75, 3.05) is 0 Å². The highest BCUT2D eigenvalue weighted by Crippen LogP contribution is 2.21. The van der Waals surface area contributed by atoms with Crippen LogP contribution in [0.5, 0.6) is 0 Å². The molecule has 0 aliphatic rings. The zero-order chi connectivity index (χ0) is 10.8. The van der Waals surface area contributed by atoms with Gasteiger partial charge in [0, 0.05) is 16.2 Å². The van der Waals surface area contributed by atoms with Crippen molar-refractivity contribution in [1.82, 2.24) is 9.78 Å². The Bertz CT molecular complexity index is 484. The molecule has 1 aromatic carbocycles. The van der Waals surface area contributed by atoms with E-state index in [9.17, 15) is 5.11 Å². The molecule has 5 heteroatoms. The number of aromatic nitrogens is 2. The van der Waals surface area contributed by atoms with Gasteiger partial charge in [0.15, 0.2) is 0 Å². The molecule has 0 aliphatic heterocycles. The number of benzene rings is 1. The fourth-order valence-corrected chi connectivity index (χ4v) is 1.80. The Morgan fingerprint density at radius 3 is 2.87 bits per heavy atom. The van der Waals surface area contributed by atoms with E-state index in [1.165, 1.54) is 0 Å². The maximum absolute atomic E-state index is 9.19. The van der Waals surface area contributed by atoms with Gasteiger partial charge >= 0.3 is 0 Å². The lowest BCUT2D eigenvalue weighted by Gasteiger charge is -2.07. The highest BCUT2D eigenvalue weighted by atomic mass is 79.9. The predicted octanol–water partition coefficient (Wildman–Crippen LogP) is 2.78. The van der Waals surface area contributed by atoms with Crippen molar-refractivity contribution >= 4 is 27.5 Å². The number of halogens is 2. The molecule has 0 aliphatic carbocycles. The van der Waals surface area contributed by atoms with Gasteiger partial charge in [0.1, 0.15) is 0 Å². The number of rotatable bonds is 2. The second-order valence-corrected chi connectivity index (χ2v) is 4.39. The number of hydrogen-bond acceptors (Lipinski definition) is 2. The maximum Gasteiger partial charge on any atom is 0.0790 e. The summed E-state index contributed by atoms with van der Waals surface area (Å²) >= 11 is 9.16. The van der Waals surface area contributed by atoms with Crippen LogP contribution in [-0.4, -0.2) is 14.9 Å². The molecule has 0 bridgehead atoms. The maximum atomic E-state index is 9.19. The number of hydrogen-bond donors (Lipinski definition) is 1. The van der Waals surface area contributed by atoms with Gasteiger partial charge in [0.25, 0.3) is 0 Å². The molecule has 0 spiro atoms. The Kier molecular flexibility index (Phi) is 3.09. The number of aliphatic hydroxyl groups is 1. The average molecular weight is 288 g/mol. The lowest BCUT2D eigenvalue weighted by molar-refractivity contribution is 0.281. The molecule has 0 unspecified atom stereocenters. The predicted molar refractivity (Wildman–Crippen MR) is 62.2 cm³/mol. The van der Waals surface area contributed by atoms with Crippen LogP contribution in [0.2, 0.25) is 5.02 Å². The van der Waals surface area contributed by atoms with Crippen molar-refractivity contribution in [2.24, 2.45) is 0 Å². The third-order valence-corrected chi connectivity index (χ3v) is 2.70. The van der Waals surface area contributed by atoms with E-state index < -0.39 is 0 Å². The largest absolute Gasteiger partial charge is 0.392 e. The smallest absolute Gasteiger partial charge is 0.0790 e. The Hall–Kier alpha value is -0.840. The molecule has 0 radical (unpaired) electrons. The van der Waals surface area contributed by atoms with E-state index >= 15 is 0 Å². The monoisotopic (exact) mass is 286 g/mol. The van der Waals surface area contributed by atoms with Gasteiger partial charge in [-0.1, -0.05) is 33.6 Å². The summed E-state index contributed by atoms with van der Waals surface area (Å²) in [5.41, 5.74) is 1.62. The van der Waals surface area contributed by atoms with E-state index in [2.05, 4.69) is 21.0 Å². The molecule has 1 aromatic heterocycles. The van der Waals surface area contributed by atoms with Crippen LogP contribution in [0.25, 0.3) is 5.69 Å². The van der Waals surface area contributed by atoms with Crippen molar-refractivity contribution in [1.29, 1.82) is 0 Å². The Morgan fingerprint density at radius 2 is 2.27 bits per heavy atom. The fraction of sp³-hybridized carbons (Fsp3) is 0.100. The van der Waals surface area contributed by atoms with Gasteiger partial charge in [-0.2, -0.15) is 5.10 Å². The highest BCUT2D eigenvalue weighted by molar-refractivity contribution is 9.10. The third-order valence-electron chi connectivity index (χ3n) is 2.02. The molecule has 78 valence electrons. The Labute approximate surface area is 100 Å². The molecular weight excluding hydrogens is 279 g/mol. The molecule has 0 fully saturated rings. The van der Waals surface area contributed by atoms with Gasteiger partial charge < -0.3 is 5.11 Å². The van der Waals surface area contributed by atoms with E-state index in [1.807, 2.05) is 18.2 Å². The van der Waals surface area contributed by atoms with Crippen molar-refractivity contribution in [3.8, 4) is 5.69 Å². The molecule has 1 heterocycles. The topological polar surface area (TPSA) is 38.0 Å². The second kappa shape index (κ2) is 4.35. The van der Waals surface area contributed by atoms with Gasteiger partial charge in [-0.25, -0.2) is 4.68 Å². The molecule has 2 rings (SSSR count). The van der Waals surface area contributed by atoms with E-state index in [1.54, 1.807) is 17.1 Å². The normalized spacial score (nSPS) is 10.6. The average Bonchev–Trinajstić information content (AvgIpc) is 2.65. The molecule has 2 aromatic rings. The summed E-state index contributed by atoms with van der Waals surface area (Å²) < 4.78 is 2.57. The van der Waals surface area contributed by atoms with Crippen molar-refractivity contribution in [3.05, 3.63) is 45.7 Å². The van der Waals surface area contributed by atoms with E-state index in [0.29, 0.717) is 5.02 Å². The summed E-state index contributed by atoms with van der Waals surface area (Å²) in [6, 6.07) is 5.60. The number of aliphatic hydroxyl groups excluding tert-OH is 1. The van der Waals surface area contributed by atoms with Crippen LogP contribution in [0.1, 0.15) is 5.56 Å². The summed E-state index contributed by atoms with van der Waals surface area (Å²) in [4.78, 5) is 0. The highest BCUT2D eigenvalue weighted by Gasteiger charge is 2.05. The van der Waals surface area contributed by atoms with Gasteiger partial charge in [-0.05, 0) is 12.1 Å². The van der Waals surface area contributed by atoms with Gasteiger partial charge in [0.05, 0.1) is 23.5 Å². The Balaban J connectivity index is 2.55. The lowest BCUT2D eigenvalue weighted by Crippen LogP contribution is -1.99. The minimum absolute atomic E-state index is 0.0277. The first-order chi connectivity index (χ1) is 7.20. The minimum atomic E-state index is -0.0277. The van der Waals surface area contributed by atoms with Crippen LogP contribution in [0.15, 0.2) is 35.1 Å². The fourth-order valence-electron chi connectivity index (χ4n) is 1.32. The zero-order valence-corrected chi connectivity index (χ0v) is 10.0. The van der Waals surface area contributed by atoms with Crippen molar-refractivity contribution in [3.63, 3.8) is 0 Å². The quantitative estimate of drug-likeness (QED) is 0.922. The number of nitrogens with zero attached hydrogens (tertiary/aromatic N) is 2. The van der Waals surface area contributed by atoms with Crippen LogP contribution in [-0.2, 0) is 6.61 Å². The first-order valence-electron chi connectivity index (χ1n) is 4.30. The summed E-state index contributed by atoms with van der Waals surface area (Å²) in [5.74, 6) is 0. The first-order valence-corrected chi connectivity index (χ1v) is 5.47. The summed E-state index contributed by atoms with van der Waals surface area (Å²) in [7, 11) is 0. The summed E-state index contributed by atoms with van der Waals surface area (Å²) in [6.07, 6.45) is 3.26. The van der Waals surface area contributed by atoms with Crippen LogP contribution < -0.4 is 0 Å². The lowest BCUT2D eigenvalue weighted by atomic mass is 10.2. The van der Waals surface area contributed by atoms with Crippen LogP contribution in [0.3, 0.4) is 0 Å². The molecule has 1 N–H and O–H groups in total. The standard InChI is InChI=1S/C10H8BrClN2O/c11-8-2-1-7(6-15)10(3-8)14-5-9(12)4-13-14/h1-5,15H,6H2. The van der Waals surface area contributed by atoms with Crippen molar-refractivity contribution < 1.29 is 5.11 Å². The minimum Gasteiger partial charge on any atom is -0.392 e. The first kappa shape index (κ1) is 10.7. The molecule has 3 nitrogen and oxygen atoms in total. The molecule has 0 saturated carbocycles. The van der Waals surface area contributed by atoms with Gasteiger partial charge in [-0.3, -0.25) is 0 Å². The molecular formula is C10H8BrClN2O. The van der Waals surface area contributed by atoms with E-state index in [-0.39, 0.29) is 6.61 Å². The molecule has 0 atom stereocenters. The SMILES string of the molecule is OCc1ccc(Br)cc1-n1cc(Cl)cn1. The summed E-state index contributed by atoms with van der Waals surface area (Å²) in [5, 5.41) is 13.8. The van der Waals surface area contributed by atoms with Crippen molar-refractivity contribution in [2.45, 2.75) is 6.61 Å². The van der Waals surface area contributed by atoms with E-state index in [0.717, 1.165) is 15.7 Å². The van der Waals surface area contributed by atoms with Gasteiger partial charge in [-0.15, -0.1) is 0 Å².